The van der Waals surface area contributed by atoms with E-state index in [1.807, 2.05) is 71.6 Å². The average molecular weight is 516 g/mol. The number of likely N-dealkylation sites (tertiary alicyclic amines) is 1. The lowest BCUT2D eigenvalue weighted by atomic mass is 9.96. The predicted octanol–water partition coefficient (Wildman–Crippen LogP) is 6.77. The fraction of sp³-hybridized carbons (Fsp3) is 0.323. The highest BCUT2D eigenvalue weighted by Crippen LogP contribution is 2.25. The van der Waals surface area contributed by atoms with Gasteiger partial charge in [-0.25, -0.2) is 0 Å². The lowest BCUT2D eigenvalue weighted by Gasteiger charge is -2.35. The maximum absolute atomic E-state index is 13.5. The summed E-state index contributed by atoms with van der Waals surface area (Å²) in [6.45, 7) is 7.05. The highest BCUT2D eigenvalue weighted by atomic mass is 35.5. The van der Waals surface area contributed by atoms with Crippen LogP contribution in [0.25, 0.3) is 10.9 Å². The van der Waals surface area contributed by atoms with E-state index in [4.69, 9.17) is 16.3 Å². The Morgan fingerprint density at radius 1 is 1.05 bits per heavy atom. The number of halogens is 1. The van der Waals surface area contributed by atoms with Crippen molar-refractivity contribution < 1.29 is 9.53 Å². The summed E-state index contributed by atoms with van der Waals surface area (Å²) in [5, 5.41) is 1.75. The molecule has 0 saturated carbocycles. The van der Waals surface area contributed by atoms with Gasteiger partial charge in [-0.1, -0.05) is 54.1 Å². The zero-order valence-corrected chi connectivity index (χ0v) is 22.1. The highest BCUT2D eigenvalue weighted by Gasteiger charge is 2.25. The van der Waals surface area contributed by atoms with Crippen LogP contribution in [0.15, 0.2) is 78.9 Å². The summed E-state index contributed by atoms with van der Waals surface area (Å²) in [6.07, 6.45) is 2.30. The maximum Gasteiger partial charge on any atom is 0.270 e. The van der Waals surface area contributed by atoms with Crippen molar-refractivity contribution in [2.24, 2.45) is 5.92 Å². The van der Waals surface area contributed by atoms with Gasteiger partial charge in [0.15, 0.2) is 0 Å². The quantitative estimate of drug-likeness (QED) is 0.267. The number of benzene rings is 3. The number of aromatic amines is 1. The number of carbonyl (C=O) groups excluding carboxylic acids is 1. The number of ether oxygens (including phenoxy) is 1. The largest absolute Gasteiger partial charge is 0.489 e. The number of amides is 1. The minimum Gasteiger partial charge on any atom is -0.489 e. The molecule has 37 heavy (non-hydrogen) atoms. The molecule has 6 heteroatoms. The number of nitrogens with zero attached hydrogens (tertiary/aromatic N) is 2. The smallest absolute Gasteiger partial charge is 0.270 e. The van der Waals surface area contributed by atoms with Gasteiger partial charge >= 0.3 is 0 Å². The highest BCUT2D eigenvalue weighted by molar-refractivity contribution is 6.30. The van der Waals surface area contributed by atoms with Gasteiger partial charge in [0.05, 0.1) is 0 Å². The van der Waals surface area contributed by atoms with E-state index in [1.165, 1.54) is 5.56 Å². The number of hydrogen-bond donors (Lipinski definition) is 1. The molecule has 0 radical (unpaired) electrons. The second-order valence-electron chi connectivity index (χ2n) is 9.92. The molecule has 0 spiro atoms. The molecule has 1 saturated heterocycles. The molecule has 192 valence electrons. The molecule has 1 amide bonds. The predicted molar refractivity (Wildman–Crippen MR) is 150 cm³/mol. The number of piperidine rings is 1. The van der Waals surface area contributed by atoms with Crippen LogP contribution in [-0.2, 0) is 13.2 Å². The van der Waals surface area contributed by atoms with Gasteiger partial charge in [0.2, 0.25) is 0 Å². The molecule has 1 unspecified atom stereocenters. The van der Waals surface area contributed by atoms with Crippen molar-refractivity contribution >= 4 is 28.4 Å². The molecule has 2 heterocycles. The number of H-pyrrole nitrogens is 1. The molecular weight excluding hydrogens is 482 g/mol. The molecule has 1 N–H and O–H groups in total. The van der Waals surface area contributed by atoms with Gasteiger partial charge in [-0.3, -0.25) is 9.69 Å². The van der Waals surface area contributed by atoms with Gasteiger partial charge in [-0.2, -0.15) is 0 Å². The van der Waals surface area contributed by atoms with Crippen molar-refractivity contribution in [2.75, 3.05) is 26.2 Å². The number of carbonyl (C=O) groups is 1. The minimum absolute atomic E-state index is 0.0558. The SMILES string of the molecule is CCN(CC1CCCN(Cc2ccc(Cl)cc2)C1)C(=O)c1cc2cc(OCc3ccccc3)ccc2[nH]1. The summed E-state index contributed by atoms with van der Waals surface area (Å²) < 4.78 is 5.98. The fourth-order valence-corrected chi connectivity index (χ4v) is 5.31. The van der Waals surface area contributed by atoms with Crippen LogP contribution in [0.2, 0.25) is 5.02 Å². The lowest BCUT2D eigenvalue weighted by Crippen LogP contribution is -2.42. The van der Waals surface area contributed by atoms with Gasteiger partial charge in [-0.15, -0.1) is 0 Å². The molecule has 3 aromatic carbocycles. The van der Waals surface area contributed by atoms with E-state index >= 15 is 0 Å². The zero-order chi connectivity index (χ0) is 25.6. The third kappa shape index (κ3) is 6.54. The molecular formula is C31H34ClN3O2. The second-order valence-corrected chi connectivity index (χ2v) is 10.4. The van der Waals surface area contributed by atoms with Gasteiger partial charge in [0, 0.05) is 42.1 Å². The van der Waals surface area contributed by atoms with Crippen molar-refractivity contribution in [2.45, 2.75) is 32.9 Å². The van der Waals surface area contributed by atoms with Crippen LogP contribution in [0.5, 0.6) is 5.75 Å². The van der Waals surface area contributed by atoms with Crippen LogP contribution in [0, 0.1) is 5.92 Å². The first-order valence-electron chi connectivity index (χ1n) is 13.1. The van der Waals surface area contributed by atoms with Gasteiger partial charge < -0.3 is 14.6 Å². The van der Waals surface area contributed by atoms with Gasteiger partial charge in [0.1, 0.15) is 18.1 Å². The third-order valence-corrected chi connectivity index (χ3v) is 7.39. The molecule has 1 fully saturated rings. The summed E-state index contributed by atoms with van der Waals surface area (Å²) in [4.78, 5) is 21.3. The van der Waals surface area contributed by atoms with E-state index in [-0.39, 0.29) is 5.91 Å². The minimum atomic E-state index is 0.0558. The third-order valence-electron chi connectivity index (χ3n) is 7.14. The fourth-order valence-electron chi connectivity index (χ4n) is 5.19. The van der Waals surface area contributed by atoms with Gasteiger partial charge in [-0.05, 0) is 79.8 Å². The summed E-state index contributed by atoms with van der Waals surface area (Å²) in [6, 6.07) is 26.1. The Kier molecular flexibility index (Phi) is 8.12. The Hall–Kier alpha value is -3.28. The molecule has 0 aliphatic carbocycles. The zero-order valence-electron chi connectivity index (χ0n) is 21.3. The molecule has 5 rings (SSSR count). The average Bonchev–Trinajstić information content (AvgIpc) is 3.36. The van der Waals surface area contributed by atoms with Crippen molar-refractivity contribution in [1.82, 2.24) is 14.8 Å². The van der Waals surface area contributed by atoms with Crippen molar-refractivity contribution in [1.29, 1.82) is 0 Å². The molecule has 1 aliphatic heterocycles. The summed E-state index contributed by atoms with van der Waals surface area (Å²) in [5.41, 5.74) is 3.98. The molecule has 1 atom stereocenters. The van der Waals surface area contributed by atoms with Crippen LogP contribution in [0.4, 0.5) is 0 Å². The van der Waals surface area contributed by atoms with E-state index < -0.39 is 0 Å². The summed E-state index contributed by atoms with van der Waals surface area (Å²) in [5.74, 6) is 1.32. The first-order valence-corrected chi connectivity index (χ1v) is 13.5. The molecule has 4 aromatic rings. The van der Waals surface area contributed by atoms with E-state index in [9.17, 15) is 4.79 Å². The Morgan fingerprint density at radius 3 is 2.65 bits per heavy atom. The van der Waals surface area contributed by atoms with Crippen LogP contribution in [0.1, 0.15) is 41.4 Å². The van der Waals surface area contributed by atoms with E-state index in [1.54, 1.807) is 0 Å². The standard InChI is InChI=1S/C31H34ClN3O2/c1-2-35(21-25-9-6-16-34(20-25)19-23-10-12-27(32)13-11-23)31(36)30-18-26-17-28(14-15-29(26)33-30)37-22-24-7-4-3-5-8-24/h3-5,7-8,10-15,17-18,25,33H,2,6,9,16,19-22H2,1H3. The molecule has 1 aliphatic rings. The lowest BCUT2D eigenvalue weighted by molar-refractivity contribution is 0.0680. The molecule has 5 nitrogen and oxygen atoms in total. The number of hydrogen-bond acceptors (Lipinski definition) is 3. The first kappa shape index (κ1) is 25.4. The maximum atomic E-state index is 13.5. The Morgan fingerprint density at radius 2 is 1.86 bits per heavy atom. The van der Waals surface area contributed by atoms with Crippen molar-refractivity contribution in [3.05, 3.63) is 101 Å². The van der Waals surface area contributed by atoms with Crippen LogP contribution in [0.3, 0.4) is 0 Å². The number of fused-ring (bicyclic) bond motifs is 1. The van der Waals surface area contributed by atoms with Crippen LogP contribution < -0.4 is 4.74 Å². The molecule has 0 bridgehead atoms. The van der Waals surface area contributed by atoms with Crippen molar-refractivity contribution in [3.63, 3.8) is 0 Å². The number of aromatic nitrogens is 1. The summed E-state index contributed by atoms with van der Waals surface area (Å²) in [7, 11) is 0. The Bertz CT molecular complexity index is 1320. The number of rotatable bonds is 9. The van der Waals surface area contributed by atoms with Crippen LogP contribution in [-0.4, -0.2) is 46.9 Å². The number of nitrogens with one attached hydrogen (secondary N) is 1. The summed E-state index contributed by atoms with van der Waals surface area (Å²) >= 11 is 6.04. The first-order chi connectivity index (χ1) is 18.1. The molecule has 1 aromatic heterocycles. The Balaban J connectivity index is 1.21. The van der Waals surface area contributed by atoms with E-state index in [2.05, 4.69) is 28.9 Å². The topological polar surface area (TPSA) is 48.6 Å². The van der Waals surface area contributed by atoms with E-state index in [0.717, 1.165) is 66.3 Å². The van der Waals surface area contributed by atoms with Crippen LogP contribution >= 0.6 is 11.6 Å². The second kappa shape index (κ2) is 11.8. The Labute approximate surface area is 224 Å². The normalized spacial score (nSPS) is 16.1. The van der Waals surface area contributed by atoms with Crippen molar-refractivity contribution in [3.8, 4) is 5.75 Å². The van der Waals surface area contributed by atoms with Gasteiger partial charge in [0.25, 0.3) is 5.91 Å². The monoisotopic (exact) mass is 515 g/mol. The van der Waals surface area contributed by atoms with E-state index in [0.29, 0.717) is 24.8 Å².